The Balaban J connectivity index is 1.58. The van der Waals surface area contributed by atoms with Crippen LogP contribution < -0.4 is 10.1 Å². The average molecular weight is 321 g/mol. The predicted octanol–water partition coefficient (Wildman–Crippen LogP) is 1.31. The summed E-state index contributed by atoms with van der Waals surface area (Å²) in [6.07, 6.45) is 3.35. The molecule has 124 valence electrons. The van der Waals surface area contributed by atoms with E-state index in [9.17, 15) is 14.0 Å². The van der Waals surface area contributed by atoms with Gasteiger partial charge in [-0.05, 0) is 18.9 Å². The van der Waals surface area contributed by atoms with Crippen LogP contribution in [0, 0.1) is 0 Å². The van der Waals surface area contributed by atoms with Gasteiger partial charge in [-0.25, -0.2) is 9.37 Å². The molecule has 1 aromatic heterocycles. The third-order valence-electron chi connectivity index (χ3n) is 4.36. The van der Waals surface area contributed by atoms with Crippen LogP contribution in [0.4, 0.5) is 4.39 Å². The van der Waals surface area contributed by atoms with Crippen molar-refractivity contribution in [2.75, 3.05) is 20.2 Å². The summed E-state index contributed by atoms with van der Waals surface area (Å²) in [4.78, 5) is 29.9. The van der Waals surface area contributed by atoms with Crippen LogP contribution in [0.1, 0.15) is 36.0 Å². The van der Waals surface area contributed by atoms with Gasteiger partial charge in [-0.1, -0.05) is 0 Å². The first-order valence-corrected chi connectivity index (χ1v) is 7.81. The van der Waals surface area contributed by atoms with Crippen LogP contribution in [0.2, 0.25) is 0 Å². The highest BCUT2D eigenvalue weighted by molar-refractivity contribution is 5.94. The fraction of sp³-hybridized carbons (Fsp3) is 0.562. The third-order valence-corrected chi connectivity index (χ3v) is 4.36. The number of piperidine rings is 1. The smallest absolute Gasteiger partial charge is 0.258 e. The van der Waals surface area contributed by atoms with Crippen LogP contribution in [-0.2, 0) is 4.79 Å². The highest BCUT2D eigenvalue weighted by atomic mass is 19.1. The minimum Gasteiger partial charge on any atom is -0.481 e. The van der Waals surface area contributed by atoms with Crippen molar-refractivity contribution >= 4 is 11.8 Å². The second-order valence-electron chi connectivity index (χ2n) is 6.09. The second-order valence-corrected chi connectivity index (χ2v) is 6.09. The minimum absolute atomic E-state index is 0.0286. The van der Waals surface area contributed by atoms with E-state index in [2.05, 4.69) is 10.3 Å². The molecule has 0 bridgehead atoms. The van der Waals surface area contributed by atoms with Crippen molar-refractivity contribution in [2.45, 2.75) is 37.4 Å². The van der Waals surface area contributed by atoms with Crippen LogP contribution in [0.25, 0.3) is 0 Å². The number of alkyl halides is 1. The summed E-state index contributed by atoms with van der Waals surface area (Å²) in [6, 6.07) is 3.38. The quantitative estimate of drug-likeness (QED) is 0.908. The van der Waals surface area contributed by atoms with Gasteiger partial charge in [0.05, 0.1) is 12.7 Å². The molecule has 0 unspecified atom stereocenters. The van der Waals surface area contributed by atoms with Gasteiger partial charge in [0.15, 0.2) is 5.67 Å². The molecule has 2 amide bonds. The lowest BCUT2D eigenvalue weighted by atomic mass is 9.92. The van der Waals surface area contributed by atoms with Crippen molar-refractivity contribution in [3.63, 3.8) is 0 Å². The Bertz CT molecular complexity index is 593. The van der Waals surface area contributed by atoms with Crippen molar-refractivity contribution in [3.05, 3.63) is 23.9 Å². The number of rotatable bonds is 4. The zero-order valence-corrected chi connectivity index (χ0v) is 13.0. The van der Waals surface area contributed by atoms with E-state index in [4.69, 9.17) is 4.74 Å². The number of hydrogen-bond acceptors (Lipinski definition) is 4. The molecule has 0 aromatic carbocycles. The number of aromatic nitrogens is 1. The maximum atomic E-state index is 14.7. The summed E-state index contributed by atoms with van der Waals surface area (Å²) >= 11 is 0. The zero-order valence-electron chi connectivity index (χ0n) is 13.0. The van der Waals surface area contributed by atoms with Crippen molar-refractivity contribution in [1.29, 1.82) is 0 Å². The molecule has 1 aliphatic heterocycles. The number of methoxy groups -OCH3 is 1. The molecule has 23 heavy (non-hydrogen) atoms. The SMILES string of the molecule is COc1ccc(C(=O)N2CCC(F)(C(=O)NC3CC3)CC2)cn1. The number of nitrogens with zero attached hydrogens (tertiary/aromatic N) is 2. The minimum atomic E-state index is -1.86. The van der Waals surface area contributed by atoms with E-state index in [1.807, 2.05) is 0 Å². The van der Waals surface area contributed by atoms with E-state index >= 15 is 0 Å². The van der Waals surface area contributed by atoms with Gasteiger partial charge in [-0.3, -0.25) is 9.59 Å². The van der Waals surface area contributed by atoms with Crippen molar-refractivity contribution in [3.8, 4) is 5.88 Å². The topological polar surface area (TPSA) is 71.5 Å². The molecule has 1 saturated carbocycles. The van der Waals surface area contributed by atoms with E-state index in [1.165, 1.54) is 13.3 Å². The Morgan fingerprint density at radius 2 is 2.04 bits per heavy atom. The fourth-order valence-corrected chi connectivity index (χ4v) is 2.64. The lowest BCUT2D eigenvalue weighted by molar-refractivity contribution is -0.135. The van der Waals surface area contributed by atoms with Gasteiger partial charge in [0.1, 0.15) is 0 Å². The van der Waals surface area contributed by atoms with E-state index < -0.39 is 11.6 Å². The van der Waals surface area contributed by atoms with Gasteiger partial charge in [0.2, 0.25) is 5.88 Å². The Morgan fingerprint density at radius 1 is 1.35 bits per heavy atom. The molecule has 3 rings (SSSR count). The first kappa shape index (κ1) is 15.7. The molecular weight excluding hydrogens is 301 g/mol. The Kier molecular flexibility index (Phi) is 4.19. The Morgan fingerprint density at radius 3 is 2.57 bits per heavy atom. The van der Waals surface area contributed by atoms with E-state index in [-0.39, 0.29) is 37.9 Å². The predicted molar refractivity (Wildman–Crippen MR) is 80.9 cm³/mol. The first-order valence-electron chi connectivity index (χ1n) is 7.81. The molecule has 1 saturated heterocycles. The fourth-order valence-electron chi connectivity index (χ4n) is 2.64. The summed E-state index contributed by atoms with van der Waals surface area (Å²) in [7, 11) is 1.50. The molecule has 0 radical (unpaired) electrons. The molecule has 2 fully saturated rings. The van der Waals surface area contributed by atoms with Crippen LogP contribution in [-0.4, -0.2) is 53.6 Å². The van der Waals surface area contributed by atoms with Crippen LogP contribution >= 0.6 is 0 Å². The summed E-state index contributed by atoms with van der Waals surface area (Å²) < 4.78 is 19.7. The number of amides is 2. The molecule has 1 aromatic rings. The maximum absolute atomic E-state index is 14.7. The van der Waals surface area contributed by atoms with Gasteiger partial charge >= 0.3 is 0 Å². The number of likely N-dealkylation sites (tertiary alicyclic amines) is 1. The van der Waals surface area contributed by atoms with Crippen molar-refractivity contribution in [2.24, 2.45) is 0 Å². The molecule has 0 atom stereocenters. The van der Waals surface area contributed by atoms with Crippen LogP contribution in [0.15, 0.2) is 18.3 Å². The number of pyridine rings is 1. The summed E-state index contributed by atoms with van der Waals surface area (Å²) in [6.45, 7) is 0.443. The number of hydrogen-bond donors (Lipinski definition) is 1. The van der Waals surface area contributed by atoms with E-state index in [1.54, 1.807) is 17.0 Å². The summed E-state index contributed by atoms with van der Waals surface area (Å²) in [5.41, 5.74) is -1.43. The average Bonchev–Trinajstić information content (AvgIpc) is 3.39. The van der Waals surface area contributed by atoms with Gasteiger partial charge < -0.3 is 15.0 Å². The molecule has 0 spiro atoms. The second kappa shape index (κ2) is 6.14. The maximum Gasteiger partial charge on any atom is 0.258 e. The number of carbonyl (C=O) groups excluding carboxylic acids is 2. The lowest BCUT2D eigenvalue weighted by Crippen LogP contribution is -2.52. The van der Waals surface area contributed by atoms with Crippen molar-refractivity contribution < 1.29 is 18.7 Å². The van der Waals surface area contributed by atoms with Gasteiger partial charge in [-0.2, -0.15) is 0 Å². The highest BCUT2D eigenvalue weighted by Crippen LogP contribution is 2.29. The van der Waals surface area contributed by atoms with Gasteiger partial charge in [0, 0.05) is 44.2 Å². The molecule has 7 heteroatoms. The monoisotopic (exact) mass is 321 g/mol. The molecule has 2 heterocycles. The summed E-state index contributed by atoms with van der Waals surface area (Å²) in [5.74, 6) is -0.303. The lowest BCUT2D eigenvalue weighted by Gasteiger charge is -2.35. The molecular formula is C16H20FN3O3. The van der Waals surface area contributed by atoms with E-state index in [0.29, 0.717) is 11.4 Å². The largest absolute Gasteiger partial charge is 0.481 e. The van der Waals surface area contributed by atoms with Crippen molar-refractivity contribution in [1.82, 2.24) is 15.2 Å². The first-order chi connectivity index (χ1) is 11.0. The van der Waals surface area contributed by atoms with Gasteiger partial charge in [-0.15, -0.1) is 0 Å². The third kappa shape index (κ3) is 3.43. The molecule has 2 aliphatic rings. The van der Waals surface area contributed by atoms with E-state index in [0.717, 1.165) is 12.8 Å². The Labute approximate surface area is 134 Å². The molecule has 1 N–H and O–H groups in total. The normalized spacial score (nSPS) is 20.0. The van der Waals surface area contributed by atoms with Gasteiger partial charge in [0.25, 0.3) is 11.8 Å². The zero-order chi connectivity index (χ0) is 16.4. The highest BCUT2D eigenvalue weighted by Gasteiger charge is 2.44. The molecule has 6 nitrogen and oxygen atoms in total. The number of nitrogens with one attached hydrogen (secondary N) is 1. The number of halogens is 1. The number of ether oxygens (including phenoxy) is 1. The standard InChI is InChI=1S/C16H20FN3O3/c1-23-13-5-2-11(10-18-13)14(21)20-8-6-16(17,7-9-20)15(22)19-12-3-4-12/h2,5,10,12H,3-4,6-9H2,1H3,(H,19,22). The summed E-state index contributed by atoms with van der Waals surface area (Å²) in [5, 5.41) is 2.71. The van der Waals surface area contributed by atoms with Crippen LogP contribution in [0.3, 0.4) is 0 Å². The Hall–Kier alpha value is -2.18. The van der Waals surface area contributed by atoms with Crippen LogP contribution in [0.5, 0.6) is 5.88 Å². The molecule has 1 aliphatic carbocycles. The number of carbonyl (C=O) groups is 2.